The van der Waals surface area contributed by atoms with Crippen LogP contribution < -0.4 is 4.72 Å². The van der Waals surface area contributed by atoms with Gasteiger partial charge in [0, 0.05) is 10.4 Å². The second-order valence-electron chi connectivity index (χ2n) is 5.67. The Balaban J connectivity index is 1.97. The van der Waals surface area contributed by atoms with Crippen LogP contribution in [-0.4, -0.2) is 26.0 Å². The standard InChI is InChI=1S/C19H17ClN2O4S2/c1-2-26-17(23)12-15-18(13-8-4-3-5-9-13)21-19(27-15)22-28(24,25)16-11-7-6-10-14(16)20/h3-11H,2,12H2,1H3,(H,21,22). The maximum Gasteiger partial charge on any atom is 0.311 e. The van der Waals surface area contributed by atoms with Gasteiger partial charge in [0.2, 0.25) is 0 Å². The minimum absolute atomic E-state index is 0.00353. The Morgan fingerprint density at radius 1 is 1.14 bits per heavy atom. The molecule has 0 saturated heterocycles. The Kier molecular flexibility index (Phi) is 6.33. The molecule has 1 heterocycles. The van der Waals surface area contributed by atoms with Gasteiger partial charge in [-0.1, -0.05) is 65.4 Å². The predicted molar refractivity (Wildman–Crippen MR) is 110 cm³/mol. The van der Waals surface area contributed by atoms with E-state index >= 15 is 0 Å². The predicted octanol–water partition coefficient (Wildman–Crippen LogP) is 4.37. The van der Waals surface area contributed by atoms with Gasteiger partial charge in [0.05, 0.1) is 23.7 Å². The van der Waals surface area contributed by atoms with Crippen LogP contribution in [0.5, 0.6) is 0 Å². The number of nitrogens with one attached hydrogen (secondary N) is 1. The van der Waals surface area contributed by atoms with Crippen LogP contribution in [0.3, 0.4) is 0 Å². The van der Waals surface area contributed by atoms with Crippen LogP contribution in [0.4, 0.5) is 5.13 Å². The SMILES string of the molecule is CCOC(=O)Cc1sc(NS(=O)(=O)c2ccccc2Cl)nc1-c1ccccc1. The van der Waals surface area contributed by atoms with Crippen LogP contribution in [0.2, 0.25) is 5.02 Å². The molecule has 0 unspecified atom stereocenters. The van der Waals surface area contributed by atoms with Gasteiger partial charge >= 0.3 is 5.97 Å². The van der Waals surface area contributed by atoms with E-state index < -0.39 is 16.0 Å². The van der Waals surface area contributed by atoms with Crippen molar-refractivity contribution in [2.45, 2.75) is 18.2 Å². The van der Waals surface area contributed by atoms with Gasteiger partial charge in [0.15, 0.2) is 5.13 Å². The van der Waals surface area contributed by atoms with Gasteiger partial charge in [-0.3, -0.25) is 9.52 Å². The maximum atomic E-state index is 12.7. The van der Waals surface area contributed by atoms with E-state index in [1.54, 1.807) is 19.1 Å². The third kappa shape index (κ3) is 4.70. The van der Waals surface area contributed by atoms with Gasteiger partial charge < -0.3 is 4.74 Å². The molecule has 0 aliphatic heterocycles. The van der Waals surface area contributed by atoms with Crippen LogP contribution in [0.15, 0.2) is 59.5 Å². The molecule has 0 fully saturated rings. The largest absolute Gasteiger partial charge is 0.466 e. The molecule has 0 aliphatic carbocycles. The van der Waals surface area contributed by atoms with Crippen LogP contribution in [0, 0.1) is 0 Å². The maximum absolute atomic E-state index is 12.7. The average Bonchev–Trinajstić information content (AvgIpc) is 3.04. The quantitative estimate of drug-likeness (QED) is 0.556. The number of thiazole rings is 1. The molecule has 0 aliphatic rings. The smallest absolute Gasteiger partial charge is 0.311 e. The number of sulfonamides is 1. The summed E-state index contributed by atoms with van der Waals surface area (Å²) >= 11 is 7.10. The zero-order valence-electron chi connectivity index (χ0n) is 14.9. The Morgan fingerprint density at radius 3 is 2.50 bits per heavy atom. The van der Waals surface area contributed by atoms with Crippen LogP contribution >= 0.6 is 22.9 Å². The van der Waals surface area contributed by atoms with Gasteiger partial charge in [0.25, 0.3) is 10.0 Å². The first kappa shape index (κ1) is 20.3. The fourth-order valence-corrected chi connectivity index (χ4v) is 5.24. The summed E-state index contributed by atoms with van der Waals surface area (Å²) in [4.78, 5) is 16.9. The summed E-state index contributed by atoms with van der Waals surface area (Å²) in [5, 5.41) is 0.264. The van der Waals surface area contributed by atoms with Gasteiger partial charge in [-0.2, -0.15) is 0 Å². The van der Waals surface area contributed by atoms with E-state index in [1.165, 1.54) is 12.1 Å². The Labute approximate surface area is 172 Å². The highest BCUT2D eigenvalue weighted by Crippen LogP contribution is 2.33. The van der Waals surface area contributed by atoms with E-state index in [0.717, 1.165) is 16.9 Å². The number of esters is 1. The molecule has 0 amide bonds. The minimum atomic E-state index is -3.92. The minimum Gasteiger partial charge on any atom is -0.466 e. The van der Waals surface area contributed by atoms with Crippen molar-refractivity contribution in [3.05, 3.63) is 64.5 Å². The number of benzene rings is 2. The number of rotatable bonds is 7. The number of hydrogen-bond donors (Lipinski definition) is 1. The lowest BCUT2D eigenvalue weighted by Gasteiger charge is -2.06. The zero-order chi connectivity index (χ0) is 20.1. The van der Waals surface area contributed by atoms with Crippen LogP contribution in [0.1, 0.15) is 11.8 Å². The summed E-state index contributed by atoms with van der Waals surface area (Å²) in [6, 6.07) is 15.4. The van der Waals surface area contributed by atoms with Crippen molar-refractivity contribution in [1.29, 1.82) is 0 Å². The summed E-state index contributed by atoms with van der Waals surface area (Å²) < 4.78 is 32.8. The van der Waals surface area contributed by atoms with Crippen LogP contribution in [-0.2, 0) is 26.0 Å². The van der Waals surface area contributed by atoms with Crippen molar-refractivity contribution in [3.8, 4) is 11.3 Å². The van der Waals surface area contributed by atoms with Crippen molar-refractivity contribution < 1.29 is 17.9 Å². The normalized spacial score (nSPS) is 11.2. The summed E-state index contributed by atoms with van der Waals surface area (Å²) in [6.45, 7) is 2.00. The molecule has 28 heavy (non-hydrogen) atoms. The molecule has 1 aromatic heterocycles. The number of halogens is 1. The monoisotopic (exact) mass is 436 g/mol. The molecule has 3 aromatic rings. The number of carbonyl (C=O) groups is 1. The third-order valence-corrected chi connectivity index (χ3v) is 6.64. The lowest BCUT2D eigenvalue weighted by molar-refractivity contribution is -0.142. The van der Waals surface area contributed by atoms with E-state index in [2.05, 4.69) is 9.71 Å². The topological polar surface area (TPSA) is 85.4 Å². The Hall–Kier alpha value is -2.42. The fraction of sp³-hybridized carbons (Fsp3) is 0.158. The number of nitrogens with zero attached hydrogens (tertiary/aromatic N) is 1. The van der Waals surface area contributed by atoms with Gasteiger partial charge in [-0.15, -0.1) is 0 Å². The van der Waals surface area contributed by atoms with Crippen molar-refractivity contribution in [1.82, 2.24) is 4.98 Å². The second-order valence-corrected chi connectivity index (χ2v) is 8.82. The molecule has 0 radical (unpaired) electrons. The van der Waals surface area contributed by atoms with Crippen molar-refractivity contribution in [2.24, 2.45) is 0 Å². The number of aromatic nitrogens is 1. The third-order valence-electron chi connectivity index (χ3n) is 3.70. The highest BCUT2D eigenvalue weighted by atomic mass is 35.5. The summed E-state index contributed by atoms with van der Waals surface area (Å²) in [5.41, 5.74) is 1.32. The van der Waals surface area contributed by atoms with E-state index in [0.29, 0.717) is 10.6 Å². The molecule has 146 valence electrons. The highest BCUT2D eigenvalue weighted by Gasteiger charge is 2.22. The lowest BCUT2D eigenvalue weighted by atomic mass is 10.1. The second kappa shape index (κ2) is 8.72. The van der Waals surface area contributed by atoms with E-state index in [-0.39, 0.29) is 28.1 Å². The molecule has 0 atom stereocenters. The van der Waals surface area contributed by atoms with E-state index in [1.807, 2.05) is 30.3 Å². The van der Waals surface area contributed by atoms with Crippen molar-refractivity contribution >= 4 is 44.1 Å². The molecule has 1 N–H and O–H groups in total. The molecular formula is C19H17ClN2O4S2. The Bertz CT molecular complexity index is 1080. The molecule has 0 saturated carbocycles. The zero-order valence-corrected chi connectivity index (χ0v) is 17.3. The van der Waals surface area contributed by atoms with E-state index in [9.17, 15) is 13.2 Å². The van der Waals surface area contributed by atoms with Crippen molar-refractivity contribution in [2.75, 3.05) is 11.3 Å². The van der Waals surface area contributed by atoms with Crippen LogP contribution in [0.25, 0.3) is 11.3 Å². The van der Waals surface area contributed by atoms with Gasteiger partial charge in [-0.25, -0.2) is 13.4 Å². The fourth-order valence-electron chi connectivity index (χ4n) is 2.51. The summed E-state index contributed by atoms with van der Waals surface area (Å²) in [5.74, 6) is -0.399. The first-order valence-electron chi connectivity index (χ1n) is 8.39. The van der Waals surface area contributed by atoms with Gasteiger partial charge in [0.1, 0.15) is 4.90 Å². The van der Waals surface area contributed by atoms with E-state index in [4.69, 9.17) is 16.3 Å². The lowest BCUT2D eigenvalue weighted by Crippen LogP contribution is -2.13. The summed E-state index contributed by atoms with van der Waals surface area (Å²) in [7, 11) is -3.92. The first-order valence-corrected chi connectivity index (χ1v) is 11.1. The molecule has 6 nitrogen and oxygen atoms in total. The number of hydrogen-bond acceptors (Lipinski definition) is 6. The molecular weight excluding hydrogens is 420 g/mol. The summed E-state index contributed by atoms with van der Waals surface area (Å²) in [6.07, 6.45) is 0.00353. The molecule has 3 rings (SSSR count). The van der Waals surface area contributed by atoms with Gasteiger partial charge in [-0.05, 0) is 19.1 Å². The average molecular weight is 437 g/mol. The Morgan fingerprint density at radius 2 is 1.82 bits per heavy atom. The first-order chi connectivity index (χ1) is 13.4. The number of carbonyl (C=O) groups excluding carboxylic acids is 1. The number of anilines is 1. The molecule has 2 aromatic carbocycles. The molecule has 0 bridgehead atoms. The molecule has 0 spiro atoms. The highest BCUT2D eigenvalue weighted by molar-refractivity contribution is 7.93. The number of ether oxygens (including phenoxy) is 1. The van der Waals surface area contributed by atoms with Crippen molar-refractivity contribution in [3.63, 3.8) is 0 Å². The molecule has 9 heteroatoms.